The minimum Gasteiger partial charge on any atom is -0.474 e. The second-order valence-corrected chi connectivity index (χ2v) is 11.3. The van der Waals surface area contributed by atoms with Crippen LogP contribution < -0.4 is 15.4 Å². The van der Waals surface area contributed by atoms with Crippen LogP contribution >= 0.6 is 0 Å². The number of sulfone groups is 1. The van der Waals surface area contributed by atoms with E-state index in [4.69, 9.17) is 14.5 Å². The Bertz CT molecular complexity index is 1610. The zero-order valence-electron chi connectivity index (χ0n) is 21.4. The highest BCUT2D eigenvalue weighted by atomic mass is 32.2. The Kier molecular flexibility index (Phi) is 7.04. The summed E-state index contributed by atoms with van der Waals surface area (Å²) in [5, 5.41) is 6.54. The minimum absolute atomic E-state index is 0.0756. The number of rotatable bonds is 7. The average Bonchev–Trinajstić information content (AvgIpc) is 3.34. The van der Waals surface area contributed by atoms with Crippen molar-refractivity contribution < 1.29 is 22.7 Å². The van der Waals surface area contributed by atoms with Crippen molar-refractivity contribution >= 4 is 38.4 Å². The number of anilines is 2. The van der Waals surface area contributed by atoms with Crippen LogP contribution in [0.4, 0.5) is 11.6 Å². The molecule has 1 amide bonds. The van der Waals surface area contributed by atoms with Gasteiger partial charge < -0.3 is 25.1 Å². The Morgan fingerprint density at radius 2 is 1.92 bits per heavy atom. The lowest BCUT2D eigenvalue weighted by molar-refractivity contribution is 0.0244. The number of aromatic amines is 1. The minimum atomic E-state index is -3.38. The summed E-state index contributed by atoms with van der Waals surface area (Å²) in [5.74, 6) is 0.557. The van der Waals surface area contributed by atoms with Crippen LogP contribution in [0.15, 0.2) is 53.6 Å². The summed E-state index contributed by atoms with van der Waals surface area (Å²) in [5.41, 5.74) is 4.16. The maximum Gasteiger partial charge on any atom is 0.251 e. The summed E-state index contributed by atoms with van der Waals surface area (Å²) in [6.07, 6.45) is 4.36. The van der Waals surface area contributed by atoms with E-state index in [1.165, 1.54) is 6.26 Å². The maximum atomic E-state index is 12.2. The summed E-state index contributed by atoms with van der Waals surface area (Å²) in [7, 11) is -1.79. The Morgan fingerprint density at radius 3 is 2.63 bits per heavy atom. The van der Waals surface area contributed by atoms with Crippen LogP contribution in [0.2, 0.25) is 0 Å². The van der Waals surface area contributed by atoms with Crippen LogP contribution in [0, 0.1) is 6.92 Å². The third-order valence-electron chi connectivity index (χ3n) is 6.48. The second-order valence-electron chi connectivity index (χ2n) is 9.24. The zero-order chi connectivity index (χ0) is 26.9. The number of H-pyrrole nitrogens is 1. The number of fused-ring (bicyclic) bond motifs is 1. The number of aromatic nitrogens is 3. The molecule has 0 radical (unpaired) electrons. The van der Waals surface area contributed by atoms with Gasteiger partial charge in [0.25, 0.3) is 5.91 Å². The predicted octanol–water partition coefficient (Wildman–Crippen LogP) is 4.00. The van der Waals surface area contributed by atoms with Gasteiger partial charge in [-0.25, -0.2) is 8.42 Å². The van der Waals surface area contributed by atoms with Gasteiger partial charge in [-0.05, 0) is 48.4 Å². The van der Waals surface area contributed by atoms with Crippen molar-refractivity contribution in [3.8, 4) is 17.0 Å². The highest BCUT2D eigenvalue weighted by molar-refractivity contribution is 7.90. The zero-order valence-corrected chi connectivity index (χ0v) is 22.2. The number of amides is 1. The quantitative estimate of drug-likeness (QED) is 0.323. The summed E-state index contributed by atoms with van der Waals surface area (Å²) >= 11 is 0. The second kappa shape index (κ2) is 10.4. The number of carbonyl (C=O) groups is 1. The van der Waals surface area contributed by atoms with Crippen molar-refractivity contribution in [2.75, 3.05) is 31.8 Å². The molecule has 1 saturated heterocycles. The Morgan fingerprint density at radius 1 is 1.13 bits per heavy atom. The molecule has 198 valence electrons. The van der Waals surface area contributed by atoms with Crippen molar-refractivity contribution in [1.82, 2.24) is 20.3 Å². The van der Waals surface area contributed by atoms with Gasteiger partial charge in [-0.15, -0.1) is 0 Å². The fourth-order valence-corrected chi connectivity index (χ4v) is 5.09. The molecule has 3 N–H and O–H groups in total. The number of ether oxygens (including phenoxy) is 2. The van der Waals surface area contributed by atoms with E-state index in [1.807, 2.05) is 19.1 Å². The molecule has 0 aliphatic carbocycles. The van der Waals surface area contributed by atoms with Gasteiger partial charge in [0, 0.05) is 49.2 Å². The van der Waals surface area contributed by atoms with Crippen molar-refractivity contribution in [2.45, 2.75) is 30.8 Å². The number of nitrogens with zero attached hydrogens (tertiary/aromatic N) is 2. The lowest BCUT2D eigenvalue weighted by Crippen LogP contribution is -2.26. The van der Waals surface area contributed by atoms with E-state index in [-0.39, 0.29) is 16.9 Å². The molecule has 0 saturated carbocycles. The topological polar surface area (TPSA) is 135 Å². The number of aryl methyl sites for hydroxylation is 1. The van der Waals surface area contributed by atoms with Crippen LogP contribution in [0.25, 0.3) is 22.2 Å². The van der Waals surface area contributed by atoms with Crippen LogP contribution in [-0.4, -0.2) is 61.9 Å². The van der Waals surface area contributed by atoms with Crippen molar-refractivity contribution in [3.05, 3.63) is 59.8 Å². The van der Waals surface area contributed by atoms with E-state index >= 15 is 0 Å². The van der Waals surface area contributed by atoms with Crippen molar-refractivity contribution in [1.29, 1.82) is 0 Å². The molecule has 0 unspecified atom stereocenters. The molecule has 0 spiro atoms. The van der Waals surface area contributed by atoms with Gasteiger partial charge in [-0.1, -0.05) is 12.1 Å². The van der Waals surface area contributed by atoms with Crippen LogP contribution in [0.3, 0.4) is 0 Å². The van der Waals surface area contributed by atoms with Crippen molar-refractivity contribution in [3.63, 3.8) is 0 Å². The first-order chi connectivity index (χ1) is 18.2. The summed E-state index contributed by atoms with van der Waals surface area (Å²) in [6.45, 7) is 3.11. The highest BCUT2D eigenvalue weighted by Gasteiger charge is 2.22. The molecular weight excluding hydrogens is 506 g/mol. The van der Waals surface area contributed by atoms with Gasteiger partial charge in [0.05, 0.1) is 23.5 Å². The van der Waals surface area contributed by atoms with E-state index in [0.717, 1.165) is 29.7 Å². The maximum absolute atomic E-state index is 12.2. The number of carbonyl (C=O) groups excluding carboxylic acids is 1. The molecule has 2 aromatic carbocycles. The summed E-state index contributed by atoms with van der Waals surface area (Å²) < 4.78 is 36.2. The van der Waals surface area contributed by atoms with E-state index < -0.39 is 9.84 Å². The van der Waals surface area contributed by atoms with E-state index in [9.17, 15) is 13.2 Å². The van der Waals surface area contributed by atoms with Gasteiger partial charge in [-0.3, -0.25) is 4.79 Å². The smallest absolute Gasteiger partial charge is 0.251 e. The molecule has 38 heavy (non-hydrogen) atoms. The summed E-state index contributed by atoms with van der Waals surface area (Å²) in [6, 6.07) is 12.1. The highest BCUT2D eigenvalue weighted by Crippen LogP contribution is 2.36. The lowest BCUT2D eigenvalue weighted by Gasteiger charge is -2.23. The first-order valence-electron chi connectivity index (χ1n) is 12.3. The predicted molar refractivity (Wildman–Crippen MR) is 145 cm³/mol. The molecule has 0 bridgehead atoms. The summed E-state index contributed by atoms with van der Waals surface area (Å²) in [4.78, 5) is 24.8. The number of hydrogen-bond donors (Lipinski definition) is 3. The Labute approximate surface area is 220 Å². The lowest BCUT2D eigenvalue weighted by atomic mass is 10.1. The number of benzene rings is 2. The molecule has 3 heterocycles. The van der Waals surface area contributed by atoms with Gasteiger partial charge in [0.15, 0.2) is 9.84 Å². The van der Waals surface area contributed by atoms with Crippen molar-refractivity contribution in [2.24, 2.45) is 0 Å². The van der Waals surface area contributed by atoms with Gasteiger partial charge in [0.2, 0.25) is 11.8 Å². The number of hydrogen-bond acceptors (Lipinski definition) is 8. The van der Waals surface area contributed by atoms with E-state index in [0.29, 0.717) is 47.2 Å². The molecule has 1 fully saturated rings. The van der Waals surface area contributed by atoms with E-state index in [2.05, 4.69) is 20.6 Å². The monoisotopic (exact) mass is 535 g/mol. The SMILES string of the molecule is CNC(=O)c1ccc(Nc2nc(OC3CCOCC3)c3c(-c4cccc(S(C)(=O)=O)c4)c[nH]c3n2)c(C)c1. The molecule has 1 aliphatic heterocycles. The molecule has 10 nitrogen and oxygen atoms in total. The fraction of sp³-hybridized carbons (Fsp3) is 0.296. The molecular formula is C27H29N5O5S. The van der Waals surface area contributed by atoms with Gasteiger partial charge >= 0.3 is 0 Å². The third kappa shape index (κ3) is 5.34. The average molecular weight is 536 g/mol. The molecule has 0 atom stereocenters. The molecule has 11 heteroatoms. The number of nitrogens with one attached hydrogen (secondary N) is 3. The van der Waals surface area contributed by atoms with Crippen LogP contribution in [-0.2, 0) is 14.6 Å². The Hall–Kier alpha value is -3.96. The molecule has 4 aromatic rings. The standard InChI is InChI=1S/C27H29N5O5S/c1-16-13-18(25(33)28-2)7-8-22(16)30-27-31-24-23(26(32-27)37-19-9-11-36-12-10-19)21(15-29-24)17-5-4-6-20(14-17)38(3,34)35/h4-8,13-15,19H,9-12H2,1-3H3,(H,28,33)(H2,29,30,31,32). The largest absolute Gasteiger partial charge is 0.474 e. The third-order valence-corrected chi connectivity index (χ3v) is 7.59. The van der Waals surface area contributed by atoms with Crippen LogP contribution in [0.1, 0.15) is 28.8 Å². The molecule has 1 aliphatic rings. The fourth-order valence-electron chi connectivity index (χ4n) is 4.42. The first-order valence-corrected chi connectivity index (χ1v) is 14.2. The van der Waals surface area contributed by atoms with Gasteiger partial charge in [0.1, 0.15) is 11.8 Å². The Balaban J connectivity index is 1.57. The molecule has 5 rings (SSSR count). The normalized spacial score (nSPS) is 14.4. The van der Waals surface area contributed by atoms with Crippen LogP contribution in [0.5, 0.6) is 5.88 Å². The molecule has 2 aromatic heterocycles. The van der Waals surface area contributed by atoms with Gasteiger partial charge in [-0.2, -0.15) is 9.97 Å². The van der Waals surface area contributed by atoms with E-state index in [1.54, 1.807) is 43.6 Å². The first kappa shape index (κ1) is 25.7.